The smallest absolute Gasteiger partial charge is 0.163 e. The summed E-state index contributed by atoms with van der Waals surface area (Å²) in [5, 5.41) is 0. The Labute approximate surface area is 207 Å². The van der Waals surface area contributed by atoms with Crippen LogP contribution in [0.3, 0.4) is 0 Å². The van der Waals surface area contributed by atoms with Gasteiger partial charge in [0.15, 0.2) is 11.6 Å². The van der Waals surface area contributed by atoms with Crippen molar-refractivity contribution < 1.29 is 20.1 Å². The predicted molar refractivity (Wildman–Crippen MR) is 128 cm³/mol. The standard InChI is InChI=1S/C28H21N4.Ir/c1-19-6-10-22(11-7-19)26-30-27(23-12-8-20(2)9-13-23)32-28(31-26)24-16-14-21(15-17-24)25-5-3-4-18-29-25;/h3-14,16-18H,1-2H3;/q-1;. The Morgan fingerprint density at radius 2 is 1.09 bits per heavy atom. The molecule has 0 saturated carbocycles. The minimum absolute atomic E-state index is 0. The van der Waals surface area contributed by atoms with Crippen LogP contribution in [0.2, 0.25) is 0 Å². The first-order chi connectivity index (χ1) is 15.7. The van der Waals surface area contributed by atoms with Crippen molar-refractivity contribution in [3.8, 4) is 45.4 Å². The number of pyridine rings is 1. The molecule has 4 nitrogen and oxygen atoms in total. The van der Waals surface area contributed by atoms with Crippen LogP contribution in [-0.2, 0) is 20.1 Å². The summed E-state index contributed by atoms with van der Waals surface area (Å²) in [5.74, 6) is 1.92. The Morgan fingerprint density at radius 1 is 0.576 bits per heavy atom. The first-order valence-electron chi connectivity index (χ1n) is 10.5. The van der Waals surface area contributed by atoms with Crippen molar-refractivity contribution >= 4 is 0 Å². The van der Waals surface area contributed by atoms with Gasteiger partial charge in [0, 0.05) is 37.4 Å². The molecule has 0 N–H and O–H groups in total. The van der Waals surface area contributed by atoms with Crippen molar-refractivity contribution in [1.82, 2.24) is 19.9 Å². The fourth-order valence-corrected chi connectivity index (χ4v) is 3.41. The van der Waals surface area contributed by atoms with Crippen molar-refractivity contribution in [1.29, 1.82) is 0 Å². The predicted octanol–water partition coefficient (Wildman–Crippen LogP) is 6.35. The Morgan fingerprint density at radius 3 is 1.55 bits per heavy atom. The molecule has 0 aliphatic carbocycles. The van der Waals surface area contributed by atoms with Crippen molar-refractivity contribution in [2.75, 3.05) is 0 Å². The van der Waals surface area contributed by atoms with Crippen LogP contribution < -0.4 is 0 Å². The number of rotatable bonds is 4. The van der Waals surface area contributed by atoms with Crippen LogP contribution in [0.1, 0.15) is 11.1 Å². The second-order valence-corrected chi connectivity index (χ2v) is 7.74. The maximum Gasteiger partial charge on any atom is 0.163 e. The monoisotopic (exact) mass is 606 g/mol. The van der Waals surface area contributed by atoms with Gasteiger partial charge in [-0.15, -0.1) is 29.8 Å². The molecule has 5 aromatic rings. The van der Waals surface area contributed by atoms with Crippen LogP contribution in [0, 0.1) is 19.9 Å². The molecule has 5 heteroatoms. The van der Waals surface area contributed by atoms with Crippen LogP contribution in [0.25, 0.3) is 45.4 Å². The summed E-state index contributed by atoms with van der Waals surface area (Å²) in [6.07, 6.45) is 1.78. The fraction of sp³-hybridized carbons (Fsp3) is 0.0714. The summed E-state index contributed by atoms with van der Waals surface area (Å²) >= 11 is 0. The zero-order valence-electron chi connectivity index (χ0n) is 18.3. The molecule has 2 aromatic heterocycles. The molecule has 3 aromatic carbocycles. The molecule has 0 atom stereocenters. The van der Waals surface area contributed by atoms with E-state index in [-0.39, 0.29) is 20.1 Å². The molecule has 0 aliphatic heterocycles. The third kappa shape index (κ3) is 5.11. The van der Waals surface area contributed by atoms with Crippen LogP contribution in [0.4, 0.5) is 0 Å². The van der Waals surface area contributed by atoms with Crippen LogP contribution in [0.15, 0.2) is 91.1 Å². The summed E-state index contributed by atoms with van der Waals surface area (Å²) in [7, 11) is 0. The number of nitrogens with zero attached hydrogens (tertiary/aromatic N) is 4. The number of aromatic nitrogens is 4. The molecular formula is C28H21IrN4-. The van der Waals surface area contributed by atoms with Crippen molar-refractivity contribution in [2.45, 2.75) is 13.8 Å². The second-order valence-electron chi connectivity index (χ2n) is 7.74. The van der Waals surface area contributed by atoms with Crippen LogP contribution in [0.5, 0.6) is 0 Å². The fourth-order valence-electron chi connectivity index (χ4n) is 3.41. The topological polar surface area (TPSA) is 51.6 Å². The van der Waals surface area contributed by atoms with E-state index in [2.05, 4.69) is 49.2 Å². The number of hydrogen-bond donors (Lipinski definition) is 0. The molecule has 33 heavy (non-hydrogen) atoms. The molecule has 0 saturated heterocycles. The number of benzene rings is 3. The number of aryl methyl sites for hydroxylation is 2. The van der Waals surface area contributed by atoms with Gasteiger partial charge in [-0.3, -0.25) is 0 Å². The van der Waals surface area contributed by atoms with Gasteiger partial charge in [-0.2, -0.15) is 0 Å². The van der Waals surface area contributed by atoms with Gasteiger partial charge in [0.25, 0.3) is 0 Å². The minimum Gasteiger partial charge on any atom is -0.305 e. The van der Waals surface area contributed by atoms with Gasteiger partial charge >= 0.3 is 0 Å². The van der Waals surface area contributed by atoms with Gasteiger partial charge in [-0.25, -0.2) is 15.0 Å². The van der Waals surface area contributed by atoms with E-state index >= 15 is 0 Å². The van der Waals surface area contributed by atoms with E-state index in [0.717, 1.165) is 27.9 Å². The van der Waals surface area contributed by atoms with Crippen molar-refractivity contribution in [3.05, 3.63) is 108 Å². The molecular weight excluding hydrogens is 585 g/mol. The Bertz CT molecular complexity index is 1280. The molecule has 0 bridgehead atoms. The summed E-state index contributed by atoms with van der Waals surface area (Å²) < 4.78 is 0. The van der Waals surface area contributed by atoms with Gasteiger partial charge in [0.1, 0.15) is 5.82 Å². The first kappa shape index (κ1) is 22.7. The van der Waals surface area contributed by atoms with Gasteiger partial charge < -0.3 is 4.98 Å². The molecule has 1 radical (unpaired) electrons. The van der Waals surface area contributed by atoms with E-state index in [4.69, 9.17) is 15.0 Å². The van der Waals surface area contributed by atoms with Crippen molar-refractivity contribution in [2.24, 2.45) is 0 Å². The molecule has 0 amide bonds. The molecule has 2 heterocycles. The maximum atomic E-state index is 4.79. The van der Waals surface area contributed by atoms with Gasteiger partial charge in [-0.1, -0.05) is 77.4 Å². The number of hydrogen-bond acceptors (Lipinski definition) is 4. The molecule has 163 valence electrons. The third-order valence-corrected chi connectivity index (χ3v) is 5.27. The largest absolute Gasteiger partial charge is 0.305 e. The SMILES string of the molecule is Cc1ccc(-c2nc(-c3c[c-]c(-c4ccccn4)cc3)nc(-c3ccc(C)cc3)n2)cc1.[Ir]. The van der Waals surface area contributed by atoms with Crippen LogP contribution in [-0.4, -0.2) is 19.9 Å². The average Bonchev–Trinajstić information content (AvgIpc) is 2.85. The van der Waals surface area contributed by atoms with E-state index in [1.807, 2.05) is 60.7 Å². The quantitative estimate of drug-likeness (QED) is 0.224. The van der Waals surface area contributed by atoms with E-state index in [1.165, 1.54) is 11.1 Å². The third-order valence-electron chi connectivity index (χ3n) is 5.27. The Hall–Kier alpha value is -3.53. The Balaban J connectivity index is 0.00000259. The zero-order valence-corrected chi connectivity index (χ0v) is 20.7. The average molecular weight is 606 g/mol. The van der Waals surface area contributed by atoms with E-state index in [0.29, 0.717) is 17.5 Å². The van der Waals surface area contributed by atoms with Crippen LogP contribution >= 0.6 is 0 Å². The van der Waals surface area contributed by atoms with Gasteiger partial charge in [0.2, 0.25) is 0 Å². The van der Waals surface area contributed by atoms with Gasteiger partial charge in [-0.05, 0) is 25.6 Å². The minimum atomic E-state index is 0. The molecule has 5 rings (SSSR count). The summed E-state index contributed by atoms with van der Waals surface area (Å²) in [6.45, 7) is 4.14. The summed E-state index contributed by atoms with van der Waals surface area (Å²) in [6, 6.07) is 31.5. The summed E-state index contributed by atoms with van der Waals surface area (Å²) in [5.41, 5.74) is 7.01. The Kier molecular flexibility index (Phi) is 6.83. The molecule has 0 spiro atoms. The van der Waals surface area contributed by atoms with Gasteiger partial charge in [0.05, 0.1) is 0 Å². The normalized spacial score (nSPS) is 10.5. The molecule has 0 fully saturated rings. The second kappa shape index (κ2) is 9.95. The van der Waals surface area contributed by atoms with E-state index in [9.17, 15) is 0 Å². The van der Waals surface area contributed by atoms with E-state index < -0.39 is 0 Å². The molecule has 0 aliphatic rings. The molecule has 0 unspecified atom stereocenters. The van der Waals surface area contributed by atoms with Crippen molar-refractivity contribution in [3.63, 3.8) is 0 Å². The maximum absolute atomic E-state index is 4.79. The first-order valence-corrected chi connectivity index (χ1v) is 10.5. The zero-order chi connectivity index (χ0) is 21.9. The summed E-state index contributed by atoms with van der Waals surface area (Å²) in [4.78, 5) is 18.8. The van der Waals surface area contributed by atoms with E-state index in [1.54, 1.807) is 6.20 Å².